The van der Waals surface area contributed by atoms with Crippen molar-refractivity contribution < 1.29 is 42.7 Å². The molecule has 4 aliphatic heterocycles. The van der Waals surface area contributed by atoms with Gasteiger partial charge in [-0.05, 0) is 47.1 Å². The highest BCUT2D eigenvalue weighted by molar-refractivity contribution is 5.82. The molecule has 8 atom stereocenters. The Morgan fingerprint density at radius 1 is 0.941 bits per heavy atom. The molecule has 0 aromatic heterocycles. The van der Waals surface area contributed by atoms with E-state index in [2.05, 4.69) is 15.3 Å². The van der Waals surface area contributed by atoms with Crippen LogP contribution in [0.25, 0.3) is 10.4 Å². The fourth-order valence-electron chi connectivity index (χ4n) is 4.79. The van der Waals surface area contributed by atoms with E-state index in [9.17, 15) is 9.59 Å². The number of rotatable bonds is 7. The smallest absolute Gasteiger partial charge is 0.338 e. The lowest BCUT2D eigenvalue weighted by molar-refractivity contribution is -0.197. The molecule has 1 amide bonds. The Bertz CT molecular complexity index is 859. The number of fused-ring (bicyclic) bond motifs is 2. The van der Waals surface area contributed by atoms with Crippen LogP contribution in [0.1, 0.15) is 41.5 Å². The fraction of sp³-hybridized carbons (Fsp3) is 0.905. The first-order valence-electron chi connectivity index (χ1n) is 11.4. The van der Waals surface area contributed by atoms with Gasteiger partial charge in [-0.2, -0.15) is 0 Å². The van der Waals surface area contributed by atoms with Crippen molar-refractivity contribution in [2.24, 2.45) is 5.11 Å². The van der Waals surface area contributed by atoms with Gasteiger partial charge >= 0.3 is 5.97 Å². The Balaban J connectivity index is 1.41. The van der Waals surface area contributed by atoms with E-state index in [0.717, 1.165) is 0 Å². The van der Waals surface area contributed by atoms with Crippen LogP contribution in [0.4, 0.5) is 0 Å². The minimum atomic E-state index is -0.971. The number of carbonyl (C=O) groups is 2. The van der Waals surface area contributed by atoms with E-state index in [1.54, 1.807) is 41.5 Å². The Morgan fingerprint density at radius 3 is 2.06 bits per heavy atom. The van der Waals surface area contributed by atoms with Crippen molar-refractivity contribution in [2.45, 2.75) is 108 Å². The largest absolute Gasteiger partial charge is 0.461 e. The van der Waals surface area contributed by atoms with Gasteiger partial charge in [-0.15, -0.1) is 0 Å². The van der Waals surface area contributed by atoms with Crippen molar-refractivity contribution in [2.75, 3.05) is 13.1 Å². The maximum Gasteiger partial charge on any atom is 0.338 e. The fourth-order valence-corrected chi connectivity index (χ4v) is 4.79. The molecule has 34 heavy (non-hydrogen) atoms. The zero-order valence-electron chi connectivity index (χ0n) is 20.1. The molecule has 4 rings (SSSR count). The lowest BCUT2D eigenvalue weighted by atomic mass is 10.1. The summed E-state index contributed by atoms with van der Waals surface area (Å²) < 4.78 is 40.6. The van der Waals surface area contributed by atoms with E-state index in [1.807, 2.05) is 0 Å². The molecular formula is C21H32N4O9. The number of hydrogen-bond donors (Lipinski definition) is 1. The van der Waals surface area contributed by atoms with Crippen molar-refractivity contribution in [3.63, 3.8) is 0 Å². The van der Waals surface area contributed by atoms with Crippen LogP contribution >= 0.6 is 0 Å². The van der Waals surface area contributed by atoms with Crippen molar-refractivity contribution in [1.82, 2.24) is 5.32 Å². The Kier molecular flexibility index (Phi) is 6.82. The summed E-state index contributed by atoms with van der Waals surface area (Å²) in [6.45, 7) is 10.5. The number of amides is 1. The summed E-state index contributed by atoms with van der Waals surface area (Å²) in [6, 6.07) is 0. The summed E-state index contributed by atoms with van der Waals surface area (Å²) in [7, 11) is 0. The Labute approximate surface area is 197 Å². The third-order valence-corrected chi connectivity index (χ3v) is 5.94. The van der Waals surface area contributed by atoms with Gasteiger partial charge < -0.3 is 38.5 Å². The number of carbonyl (C=O) groups excluding carboxylic acids is 2. The molecule has 0 aliphatic carbocycles. The molecule has 0 aromatic carbocycles. The topological polar surface area (TPSA) is 160 Å². The van der Waals surface area contributed by atoms with Gasteiger partial charge in [0.1, 0.15) is 30.5 Å². The van der Waals surface area contributed by atoms with E-state index in [4.69, 9.17) is 38.7 Å². The summed E-state index contributed by atoms with van der Waals surface area (Å²) in [5.41, 5.74) is 8.65. The molecule has 0 bridgehead atoms. The highest BCUT2D eigenvalue weighted by Gasteiger charge is 2.59. The van der Waals surface area contributed by atoms with Gasteiger partial charge in [0.15, 0.2) is 23.8 Å². The van der Waals surface area contributed by atoms with Gasteiger partial charge in [-0.3, -0.25) is 4.79 Å². The summed E-state index contributed by atoms with van der Waals surface area (Å²) in [6.07, 6.45) is -5.95. The van der Waals surface area contributed by atoms with E-state index in [1.165, 1.54) is 0 Å². The van der Waals surface area contributed by atoms with Crippen LogP contribution in [0, 0.1) is 0 Å². The molecule has 13 heteroatoms. The number of ether oxygens (including phenoxy) is 7. The quantitative estimate of drug-likeness (QED) is 0.240. The first kappa shape index (κ1) is 25.1. The van der Waals surface area contributed by atoms with Crippen LogP contribution in [0.2, 0.25) is 0 Å². The van der Waals surface area contributed by atoms with Gasteiger partial charge in [-0.25, -0.2) is 4.79 Å². The maximum absolute atomic E-state index is 13.1. The standard InChI is InChI=1S/C21H32N4O9/c1-9(2)28-19(27)17-15-12(31-21(5,6)34-15)10(30-17)7-23-18(26)16-14-13(32-20(3,4)33-14)11(29-16)8-24-25-22/h9-17H,7-8H2,1-6H3,(H,23,26)/t10-,11-,12+,13+,14+,15+,16+,17-/m1/s1. The van der Waals surface area contributed by atoms with Gasteiger partial charge in [0.2, 0.25) is 0 Å². The first-order chi connectivity index (χ1) is 15.9. The van der Waals surface area contributed by atoms with Crippen LogP contribution in [-0.2, 0) is 42.7 Å². The summed E-state index contributed by atoms with van der Waals surface area (Å²) in [4.78, 5) is 28.4. The van der Waals surface area contributed by atoms with Crippen LogP contribution < -0.4 is 5.32 Å². The summed E-state index contributed by atoms with van der Waals surface area (Å²) >= 11 is 0. The number of nitrogens with one attached hydrogen (secondary N) is 1. The van der Waals surface area contributed by atoms with E-state index < -0.39 is 72.3 Å². The molecule has 4 aliphatic rings. The minimum absolute atomic E-state index is 0.0102. The van der Waals surface area contributed by atoms with Crippen LogP contribution in [0.15, 0.2) is 5.11 Å². The van der Waals surface area contributed by atoms with E-state index in [-0.39, 0.29) is 19.2 Å². The van der Waals surface area contributed by atoms with Crippen molar-refractivity contribution in [3.8, 4) is 0 Å². The first-order valence-corrected chi connectivity index (χ1v) is 11.4. The molecule has 1 N–H and O–H groups in total. The van der Waals surface area contributed by atoms with Crippen LogP contribution in [0.5, 0.6) is 0 Å². The molecule has 4 fully saturated rings. The average molecular weight is 485 g/mol. The molecule has 0 aromatic rings. The summed E-state index contributed by atoms with van der Waals surface area (Å²) in [5, 5.41) is 6.36. The average Bonchev–Trinajstić information content (AvgIpc) is 3.40. The predicted octanol–water partition coefficient (Wildman–Crippen LogP) is 0.940. The van der Waals surface area contributed by atoms with Gasteiger partial charge in [0.05, 0.1) is 18.8 Å². The monoisotopic (exact) mass is 484 g/mol. The number of azide groups is 1. The van der Waals surface area contributed by atoms with Crippen molar-refractivity contribution in [3.05, 3.63) is 10.4 Å². The summed E-state index contributed by atoms with van der Waals surface area (Å²) in [5.74, 6) is -2.79. The number of hydrogen-bond acceptors (Lipinski definition) is 10. The minimum Gasteiger partial charge on any atom is -0.461 e. The second kappa shape index (κ2) is 9.23. The van der Waals surface area contributed by atoms with E-state index in [0.29, 0.717) is 0 Å². The SMILES string of the molecule is CC(C)OC(=O)[C@@H]1O[C@H](CNC(=O)[C@H]2O[C@H](CN=[N+]=[N-])[C@@H]3OC(C)(C)O[C@@H]32)[C@@H]2OC(C)(C)O[C@@H]21. The van der Waals surface area contributed by atoms with Gasteiger partial charge in [0.25, 0.3) is 5.91 Å². The second-order valence-corrected chi connectivity index (χ2v) is 9.96. The zero-order valence-corrected chi connectivity index (χ0v) is 20.1. The van der Waals surface area contributed by atoms with E-state index >= 15 is 0 Å². The molecule has 190 valence electrons. The number of esters is 1. The molecule has 0 spiro atoms. The van der Waals surface area contributed by atoms with Crippen LogP contribution in [0.3, 0.4) is 0 Å². The molecule has 4 saturated heterocycles. The highest BCUT2D eigenvalue weighted by Crippen LogP contribution is 2.40. The molecular weight excluding hydrogens is 452 g/mol. The lowest BCUT2D eigenvalue weighted by Crippen LogP contribution is -2.47. The molecule has 13 nitrogen and oxygen atoms in total. The second-order valence-electron chi connectivity index (χ2n) is 9.96. The molecule has 0 radical (unpaired) electrons. The predicted molar refractivity (Wildman–Crippen MR) is 113 cm³/mol. The van der Waals surface area contributed by atoms with Crippen molar-refractivity contribution >= 4 is 11.9 Å². The normalized spacial score (nSPS) is 39.4. The number of nitrogens with zero attached hydrogens (tertiary/aromatic N) is 3. The lowest BCUT2D eigenvalue weighted by Gasteiger charge is -2.25. The van der Waals surface area contributed by atoms with Gasteiger partial charge in [-0.1, -0.05) is 5.11 Å². The Hall–Kier alpha value is -1.99. The van der Waals surface area contributed by atoms with Crippen LogP contribution in [-0.4, -0.2) is 91.5 Å². The molecule has 4 heterocycles. The molecule has 0 saturated carbocycles. The zero-order chi connectivity index (χ0) is 24.8. The Morgan fingerprint density at radius 2 is 1.47 bits per heavy atom. The molecule has 0 unspecified atom stereocenters. The third-order valence-electron chi connectivity index (χ3n) is 5.94. The van der Waals surface area contributed by atoms with Crippen molar-refractivity contribution in [1.29, 1.82) is 0 Å². The highest BCUT2D eigenvalue weighted by atomic mass is 16.8. The third kappa shape index (κ3) is 5.01. The van der Waals surface area contributed by atoms with Gasteiger partial charge in [0, 0.05) is 11.5 Å². The maximum atomic E-state index is 13.1.